The molecule has 0 aromatic rings. The van der Waals surface area contributed by atoms with Crippen LogP contribution in [-0.2, 0) is 38.0 Å². The standard InChI is InChI=1S/C15H22O8/c1-15(2)22-13(9-5-6-11(17)21-9)14(23-15)12(19-4)10(7-18-3)20-8-16/h5,8,10,12-14H,6-7H2,1-4H3/t10-,12+,13+,14+/m1/s1. The van der Waals surface area contributed by atoms with E-state index in [2.05, 4.69) is 0 Å². The Kier molecular flexibility index (Phi) is 5.74. The van der Waals surface area contributed by atoms with E-state index in [1.807, 2.05) is 0 Å². The number of methoxy groups -OCH3 is 2. The van der Waals surface area contributed by atoms with Gasteiger partial charge in [0.15, 0.2) is 11.9 Å². The average Bonchev–Trinajstić information content (AvgIpc) is 3.03. The molecule has 0 saturated carbocycles. The summed E-state index contributed by atoms with van der Waals surface area (Å²) in [5.74, 6) is -0.866. The lowest BCUT2D eigenvalue weighted by Crippen LogP contribution is -2.48. The summed E-state index contributed by atoms with van der Waals surface area (Å²) < 4.78 is 32.5. The Morgan fingerprint density at radius 2 is 2.13 bits per heavy atom. The lowest BCUT2D eigenvalue weighted by atomic mass is 10.0. The van der Waals surface area contributed by atoms with Gasteiger partial charge in [-0.25, -0.2) is 0 Å². The Labute approximate surface area is 134 Å². The van der Waals surface area contributed by atoms with Gasteiger partial charge >= 0.3 is 5.97 Å². The van der Waals surface area contributed by atoms with Crippen molar-refractivity contribution in [3.05, 3.63) is 11.8 Å². The van der Waals surface area contributed by atoms with Crippen LogP contribution in [0, 0.1) is 0 Å². The molecule has 1 saturated heterocycles. The predicted octanol–water partition coefficient (Wildman–Crippen LogP) is 0.540. The highest BCUT2D eigenvalue weighted by atomic mass is 16.8. The molecular formula is C15H22O8. The molecule has 0 aliphatic carbocycles. The molecule has 2 aliphatic heterocycles. The van der Waals surface area contributed by atoms with Gasteiger partial charge < -0.3 is 28.4 Å². The number of esters is 1. The summed E-state index contributed by atoms with van der Waals surface area (Å²) in [7, 11) is 2.96. The van der Waals surface area contributed by atoms with E-state index >= 15 is 0 Å². The van der Waals surface area contributed by atoms with Gasteiger partial charge in [0.2, 0.25) is 0 Å². The lowest BCUT2D eigenvalue weighted by Gasteiger charge is -2.30. The fourth-order valence-electron chi connectivity index (χ4n) is 2.77. The second-order valence-electron chi connectivity index (χ2n) is 5.73. The highest BCUT2D eigenvalue weighted by Crippen LogP contribution is 2.37. The minimum absolute atomic E-state index is 0.128. The van der Waals surface area contributed by atoms with Gasteiger partial charge in [0.05, 0.1) is 13.0 Å². The summed E-state index contributed by atoms with van der Waals surface area (Å²) in [6, 6.07) is 0. The topological polar surface area (TPSA) is 89.5 Å². The van der Waals surface area contributed by atoms with E-state index in [4.69, 9.17) is 28.4 Å². The van der Waals surface area contributed by atoms with Crippen LogP contribution in [0.15, 0.2) is 11.8 Å². The van der Waals surface area contributed by atoms with E-state index in [9.17, 15) is 9.59 Å². The van der Waals surface area contributed by atoms with E-state index in [1.165, 1.54) is 14.2 Å². The molecule has 8 heteroatoms. The van der Waals surface area contributed by atoms with Gasteiger partial charge in [-0.15, -0.1) is 0 Å². The maximum Gasteiger partial charge on any atom is 0.314 e. The first-order valence-electron chi connectivity index (χ1n) is 7.29. The van der Waals surface area contributed by atoms with Crippen LogP contribution in [0.1, 0.15) is 20.3 Å². The van der Waals surface area contributed by atoms with E-state index in [0.717, 1.165) is 0 Å². The predicted molar refractivity (Wildman–Crippen MR) is 76.2 cm³/mol. The van der Waals surface area contributed by atoms with Crippen LogP contribution in [0.2, 0.25) is 0 Å². The van der Waals surface area contributed by atoms with Crippen molar-refractivity contribution in [2.75, 3.05) is 20.8 Å². The zero-order valence-corrected chi connectivity index (χ0v) is 13.6. The smallest absolute Gasteiger partial charge is 0.314 e. The summed E-state index contributed by atoms with van der Waals surface area (Å²) in [6.07, 6.45) is -0.781. The normalized spacial score (nSPS) is 28.9. The summed E-state index contributed by atoms with van der Waals surface area (Å²) in [5, 5.41) is 0. The van der Waals surface area contributed by atoms with Gasteiger partial charge in [0.25, 0.3) is 6.47 Å². The van der Waals surface area contributed by atoms with Crippen LogP contribution in [0.5, 0.6) is 0 Å². The number of carbonyl (C=O) groups is 2. The van der Waals surface area contributed by atoms with Crippen molar-refractivity contribution in [2.45, 2.75) is 50.5 Å². The third kappa shape index (κ3) is 4.08. The summed E-state index contributed by atoms with van der Waals surface area (Å²) in [4.78, 5) is 22.1. The van der Waals surface area contributed by atoms with Crippen LogP contribution >= 0.6 is 0 Å². The van der Waals surface area contributed by atoms with Gasteiger partial charge in [0, 0.05) is 14.2 Å². The SMILES string of the molecule is COC[C@@H](OC=O)[C@H](OC)[C@@H]1OC(C)(C)O[C@H]1C1=CCC(=O)O1. The first-order chi connectivity index (χ1) is 10.9. The van der Waals surface area contributed by atoms with Gasteiger partial charge in [-0.1, -0.05) is 0 Å². The van der Waals surface area contributed by atoms with Crippen molar-refractivity contribution in [1.82, 2.24) is 0 Å². The van der Waals surface area contributed by atoms with Crippen molar-refractivity contribution < 1.29 is 38.0 Å². The minimum Gasteiger partial charge on any atom is -0.459 e. The number of rotatable bonds is 8. The van der Waals surface area contributed by atoms with E-state index < -0.39 is 30.2 Å². The van der Waals surface area contributed by atoms with Crippen molar-refractivity contribution in [3.8, 4) is 0 Å². The molecular weight excluding hydrogens is 308 g/mol. The average molecular weight is 330 g/mol. The quantitative estimate of drug-likeness (QED) is 0.470. The molecule has 8 nitrogen and oxygen atoms in total. The fourth-order valence-corrected chi connectivity index (χ4v) is 2.77. The molecule has 130 valence electrons. The third-order valence-corrected chi connectivity index (χ3v) is 3.63. The molecule has 1 fully saturated rings. The van der Waals surface area contributed by atoms with E-state index in [1.54, 1.807) is 19.9 Å². The number of hydrogen-bond donors (Lipinski definition) is 0. The Hall–Kier alpha value is -1.48. The maximum atomic E-state index is 11.4. The Morgan fingerprint density at radius 1 is 1.39 bits per heavy atom. The fraction of sp³-hybridized carbons (Fsp3) is 0.733. The van der Waals surface area contributed by atoms with Crippen LogP contribution in [0.3, 0.4) is 0 Å². The highest BCUT2D eigenvalue weighted by molar-refractivity contribution is 5.75. The Balaban J connectivity index is 2.23. The van der Waals surface area contributed by atoms with Crippen LogP contribution in [0.4, 0.5) is 0 Å². The molecule has 0 spiro atoms. The van der Waals surface area contributed by atoms with Gasteiger partial charge in [-0.2, -0.15) is 0 Å². The minimum atomic E-state index is -0.902. The molecule has 0 unspecified atom stereocenters. The van der Waals surface area contributed by atoms with Crippen LogP contribution in [-0.4, -0.2) is 63.5 Å². The van der Waals surface area contributed by atoms with Crippen molar-refractivity contribution >= 4 is 12.4 Å². The highest BCUT2D eigenvalue weighted by Gasteiger charge is 2.51. The summed E-state index contributed by atoms with van der Waals surface area (Å²) in [6.45, 7) is 3.95. The van der Waals surface area contributed by atoms with Gasteiger partial charge in [-0.3, -0.25) is 9.59 Å². The zero-order valence-electron chi connectivity index (χ0n) is 13.6. The number of hydrogen-bond acceptors (Lipinski definition) is 8. The molecule has 0 bridgehead atoms. The monoisotopic (exact) mass is 330 g/mol. The number of cyclic esters (lactones) is 1. The largest absolute Gasteiger partial charge is 0.459 e. The third-order valence-electron chi connectivity index (χ3n) is 3.63. The molecule has 0 N–H and O–H groups in total. The lowest BCUT2D eigenvalue weighted by molar-refractivity contribution is -0.177. The Bertz CT molecular complexity index is 472. The zero-order chi connectivity index (χ0) is 17.0. The van der Waals surface area contributed by atoms with Crippen molar-refractivity contribution in [2.24, 2.45) is 0 Å². The molecule has 4 atom stereocenters. The number of ether oxygens (including phenoxy) is 6. The molecule has 0 aromatic heterocycles. The first kappa shape index (κ1) is 17.9. The Morgan fingerprint density at radius 3 is 2.65 bits per heavy atom. The van der Waals surface area contributed by atoms with Crippen molar-refractivity contribution in [3.63, 3.8) is 0 Å². The summed E-state index contributed by atoms with van der Waals surface area (Å²) >= 11 is 0. The van der Waals surface area contributed by atoms with E-state index in [-0.39, 0.29) is 19.0 Å². The van der Waals surface area contributed by atoms with Crippen LogP contribution < -0.4 is 0 Å². The molecule has 0 radical (unpaired) electrons. The van der Waals surface area contributed by atoms with Crippen molar-refractivity contribution in [1.29, 1.82) is 0 Å². The summed E-state index contributed by atoms with van der Waals surface area (Å²) in [5.41, 5.74) is 0. The molecule has 2 aliphatic rings. The maximum absolute atomic E-state index is 11.4. The molecule has 0 amide bonds. The second kappa shape index (κ2) is 7.39. The second-order valence-corrected chi connectivity index (χ2v) is 5.73. The van der Waals surface area contributed by atoms with Gasteiger partial charge in [-0.05, 0) is 19.9 Å². The van der Waals surface area contributed by atoms with E-state index in [0.29, 0.717) is 12.2 Å². The molecule has 2 rings (SSSR count). The first-order valence-corrected chi connectivity index (χ1v) is 7.29. The molecule has 2 heterocycles. The van der Waals surface area contributed by atoms with Gasteiger partial charge in [0.1, 0.15) is 24.1 Å². The van der Waals surface area contributed by atoms with Crippen LogP contribution in [0.25, 0.3) is 0 Å². The number of carbonyl (C=O) groups excluding carboxylic acids is 2. The molecule has 0 aromatic carbocycles. The molecule has 23 heavy (non-hydrogen) atoms.